The van der Waals surface area contributed by atoms with Crippen molar-refractivity contribution in [3.05, 3.63) is 29.8 Å². The number of para-hydroxylation sites is 1. The van der Waals surface area contributed by atoms with Crippen molar-refractivity contribution in [3.8, 4) is 0 Å². The number of aliphatic imine (C=N–C) groups is 1. The molecular formula is C13H18N2. The van der Waals surface area contributed by atoms with Crippen LogP contribution in [0.2, 0.25) is 0 Å². The Labute approximate surface area is 91.6 Å². The second kappa shape index (κ2) is 4.58. The highest BCUT2D eigenvalue weighted by Crippen LogP contribution is 2.25. The molecule has 2 rings (SSSR count). The lowest BCUT2D eigenvalue weighted by Crippen LogP contribution is -2.29. The fourth-order valence-electron chi connectivity index (χ4n) is 2.00. The fraction of sp³-hybridized carbons (Fsp3) is 0.462. The van der Waals surface area contributed by atoms with Gasteiger partial charge in [-0.05, 0) is 24.7 Å². The summed E-state index contributed by atoms with van der Waals surface area (Å²) in [5, 5.41) is 0. The van der Waals surface area contributed by atoms with Crippen LogP contribution in [0.5, 0.6) is 0 Å². The molecule has 15 heavy (non-hydrogen) atoms. The first-order valence-electron chi connectivity index (χ1n) is 5.70. The molecular weight excluding hydrogens is 184 g/mol. The van der Waals surface area contributed by atoms with Gasteiger partial charge >= 0.3 is 0 Å². The molecule has 0 bridgehead atoms. The zero-order valence-electron chi connectivity index (χ0n) is 9.53. The number of fused-ring (bicyclic) bond motifs is 1. The molecule has 1 aromatic carbocycles. The summed E-state index contributed by atoms with van der Waals surface area (Å²) in [7, 11) is 0. The molecule has 0 spiro atoms. The van der Waals surface area contributed by atoms with Gasteiger partial charge in [0, 0.05) is 18.7 Å². The Bertz CT molecular complexity index is 365. The van der Waals surface area contributed by atoms with Gasteiger partial charge in [-0.3, -0.25) is 9.89 Å². The summed E-state index contributed by atoms with van der Waals surface area (Å²) < 4.78 is 0. The lowest BCUT2D eigenvalue weighted by Gasteiger charge is -2.17. The summed E-state index contributed by atoms with van der Waals surface area (Å²) in [4.78, 5) is 7.07. The fourth-order valence-corrected chi connectivity index (χ4v) is 2.00. The number of benzene rings is 1. The van der Waals surface area contributed by atoms with Crippen molar-refractivity contribution >= 4 is 11.4 Å². The molecule has 0 unspecified atom stereocenters. The van der Waals surface area contributed by atoms with Crippen LogP contribution < -0.4 is 0 Å². The summed E-state index contributed by atoms with van der Waals surface area (Å²) in [6.07, 6.45) is 1.03. The average Bonchev–Trinajstić information content (AvgIpc) is 2.68. The lowest BCUT2D eigenvalue weighted by atomic mass is 10.1. The molecule has 0 fully saturated rings. The van der Waals surface area contributed by atoms with E-state index in [2.05, 4.69) is 48.0 Å². The summed E-state index contributed by atoms with van der Waals surface area (Å²) in [6.45, 7) is 7.62. The molecule has 2 nitrogen and oxygen atoms in total. The van der Waals surface area contributed by atoms with Crippen molar-refractivity contribution in [1.29, 1.82) is 0 Å². The van der Waals surface area contributed by atoms with E-state index in [0.717, 1.165) is 26.1 Å². The van der Waals surface area contributed by atoms with Crippen LogP contribution in [-0.2, 0) is 6.42 Å². The van der Waals surface area contributed by atoms with E-state index in [0.29, 0.717) is 0 Å². The van der Waals surface area contributed by atoms with Crippen molar-refractivity contribution in [2.24, 2.45) is 4.99 Å². The molecule has 0 atom stereocenters. The van der Waals surface area contributed by atoms with E-state index in [9.17, 15) is 0 Å². The third-order valence-corrected chi connectivity index (χ3v) is 2.97. The molecule has 0 amide bonds. The van der Waals surface area contributed by atoms with E-state index >= 15 is 0 Å². The van der Waals surface area contributed by atoms with Gasteiger partial charge < -0.3 is 0 Å². The molecule has 0 radical (unpaired) electrons. The molecule has 0 saturated heterocycles. The van der Waals surface area contributed by atoms with Crippen molar-refractivity contribution in [2.75, 3.05) is 19.6 Å². The zero-order valence-corrected chi connectivity index (χ0v) is 9.53. The van der Waals surface area contributed by atoms with Gasteiger partial charge in [0.15, 0.2) is 0 Å². The SMILES string of the molecule is CCN(CC)CC1=Nc2ccccc2C1. The topological polar surface area (TPSA) is 15.6 Å². The van der Waals surface area contributed by atoms with E-state index in [1.54, 1.807) is 0 Å². The Morgan fingerprint density at radius 2 is 1.93 bits per heavy atom. The average molecular weight is 202 g/mol. The Hall–Kier alpha value is -1.15. The predicted octanol–water partition coefficient (Wildman–Crippen LogP) is 2.66. The monoisotopic (exact) mass is 202 g/mol. The van der Waals surface area contributed by atoms with Gasteiger partial charge in [-0.25, -0.2) is 0 Å². The minimum atomic E-state index is 1.02. The molecule has 1 heterocycles. The largest absolute Gasteiger partial charge is 0.298 e. The Kier molecular flexibility index (Phi) is 3.17. The quantitative estimate of drug-likeness (QED) is 0.733. The third-order valence-electron chi connectivity index (χ3n) is 2.97. The molecule has 80 valence electrons. The van der Waals surface area contributed by atoms with Gasteiger partial charge in [-0.2, -0.15) is 0 Å². The molecule has 0 N–H and O–H groups in total. The van der Waals surface area contributed by atoms with Crippen LogP contribution in [-0.4, -0.2) is 30.2 Å². The maximum Gasteiger partial charge on any atom is 0.0665 e. The summed E-state index contributed by atoms with van der Waals surface area (Å²) in [5.74, 6) is 0. The van der Waals surface area contributed by atoms with Crippen LogP contribution in [0.3, 0.4) is 0 Å². The molecule has 2 heteroatoms. The highest BCUT2D eigenvalue weighted by atomic mass is 15.1. The summed E-state index contributed by atoms with van der Waals surface area (Å²) >= 11 is 0. The van der Waals surface area contributed by atoms with Crippen molar-refractivity contribution < 1.29 is 0 Å². The molecule has 0 saturated carbocycles. The molecule has 0 aliphatic carbocycles. The highest BCUT2D eigenvalue weighted by molar-refractivity contribution is 5.95. The lowest BCUT2D eigenvalue weighted by molar-refractivity contribution is 0.346. The summed E-state index contributed by atoms with van der Waals surface area (Å²) in [6, 6.07) is 8.43. The Morgan fingerprint density at radius 1 is 1.20 bits per heavy atom. The minimum absolute atomic E-state index is 1.02. The van der Waals surface area contributed by atoms with Crippen molar-refractivity contribution in [3.63, 3.8) is 0 Å². The van der Waals surface area contributed by atoms with Gasteiger partial charge in [0.2, 0.25) is 0 Å². The van der Waals surface area contributed by atoms with Crippen LogP contribution in [0.1, 0.15) is 19.4 Å². The highest BCUT2D eigenvalue weighted by Gasteiger charge is 2.14. The standard InChI is InChI=1S/C13H18N2/c1-3-15(4-2)10-12-9-11-7-5-6-8-13(11)14-12/h5-8H,3-4,9-10H2,1-2H3. The van der Waals surface area contributed by atoms with Crippen molar-refractivity contribution in [1.82, 2.24) is 4.90 Å². The van der Waals surface area contributed by atoms with E-state index in [1.807, 2.05) is 0 Å². The normalized spacial score (nSPS) is 14.2. The molecule has 1 aliphatic heterocycles. The first-order chi connectivity index (χ1) is 7.33. The predicted molar refractivity (Wildman–Crippen MR) is 65.0 cm³/mol. The van der Waals surface area contributed by atoms with Crippen LogP contribution in [0.15, 0.2) is 29.3 Å². The Balaban J connectivity index is 2.05. The first kappa shape index (κ1) is 10.4. The summed E-state index contributed by atoms with van der Waals surface area (Å²) in [5.41, 5.74) is 3.85. The maximum absolute atomic E-state index is 4.66. The number of hydrogen-bond donors (Lipinski definition) is 0. The molecule has 0 aromatic heterocycles. The molecule has 1 aromatic rings. The van der Waals surface area contributed by atoms with Crippen LogP contribution in [0.25, 0.3) is 0 Å². The number of nitrogens with zero attached hydrogens (tertiary/aromatic N) is 2. The maximum atomic E-state index is 4.66. The number of rotatable bonds is 4. The third kappa shape index (κ3) is 2.26. The second-order valence-corrected chi connectivity index (χ2v) is 3.94. The number of hydrogen-bond acceptors (Lipinski definition) is 2. The van der Waals surface area contributed by atoms with Gasteiger partial charge in [-0.1, -0.05) is 32.0 Å². The second-order valence-electron chi connectivity index (χ2n) is 3.94. The van der Waals surface area contributed by atoms with E-state index in [-0.39, 0.29) is 0 Å². The zero-order chi connectivity index (χ0) is 10.7. The van der Waals surface area contributed by atoms with Crippen LogP contribution in [0, 0.1) is 0 Å². The van der Waals surface area contributed by atoms with Crippen LogP contribution >= 0.6 is 0 Å². The van der Waals surface area contributed by atoms with Gasteiger partial charge in [0.1, 0.15) is 0 Å². The van der Waals surface area contributed by atoms with Crippen molar-refractivity contribution in [2.45, 2.75) is 20.3 Å². The van der Waals surface area contributed by atoms with E-state index in [1.165, 1.54) is 17.0 Å². The smallest absolute Gasteiger partial charge is 0.0665 e. The minimum Gasteiger partial charge on any atom is -0.298 e. The van der Waals surface area contributed by atoms with E-state index in [4.69, 9.17) is 0 Å². The van der Waals surface area contributed by atoms with Gasteiger partial charge in [0.05, 0.1) is 5.69 Å². The first-order valence-corrected chi connectivity index (χ1v) is 5.70. The molecule has 1 aliphatic rings. The Morgan fingerprint density at radius 3 is 2.60 bits per heavy atom. The van der Waals surface area contributed by atoms with Crippen LogP contribution in [0.4, 0.5) is 5.69 Å². The van der Waals surface area contributed by atoms with Gasteiger partial charge in [0.25, 0.3) is 0 Å². The van der Waals surface area contributed by atoms with Gasteiger partial charge in [-0.15, -0.1) is 0 Å². The van der Waals surface area contributed by atoms with E-state index < -0.39 is 0 Å².